The fourth-order valence-electron chi connectivity index (χ4n) is 1.44. The fraction of sp³-hybridized carbons (Fsp3) is 0.0833. The number of hydrogen-bond donors (Lipinski definition) is 1. The molecule has 1 heterocycles. The van der Waals surface area contributed by atoms with Crippen LogP contribution in [0.3, 0.4) is 0 Å². The Morgan fingerprint density at radius 2 is 2.06 bits per heavy atom. The molecular weight excluding hydrogens is 298 g/mol. The van der Waals surface area contributed by atoms with Crippen molar-refractivity contribution < 1.29 is 4.92 Å². The van der Waals surface area contributed by atoms with Crippen molar-refractivity contribution in [1.82, 2.24) is 4.98 Å². The van der Waals surface area contributed by atoms with Crippen molar-refractivity contribution in [2.75, 3.05) is 5.32 Å². The van der Waals surface area contributed by atoms with Crippen LogP contribution in [0.25, 0.3) is 0 Å². The quantitative estimate of drug-likeness (QED) is 0.694. The molecule has 0 fully saturated rings. The maximum Gasteiger partial charge on any atom is 0.288 e. The lowest BCUT2D eigenvalue weighted by Crippen LogP contribution is -2.02. The van der Waals surface area contributed by atoms with E-state index in [-0.39, 0.29) is 5.69 Å². The summed E-state index contributed by atoms with van der Waals surface area (Å²) in [4.78, 5) is 14.1. The van der Waals surface area contributed by atoms with Gasteiger partial charge in [-0.1, -0.05) is 30.3 Å². The summed E-state index contributed by atoms with van der Waals surface area (Å²) in [6.07, 6.45) is 1.23. The molecule has 1 aromatic carbocycles. The predicted molar refractivity (Wildman–Crippen MR) is 72.4 cm³/mol. The van der Waals surface area contributed by atoms with Crippen LogP contribution in [0.1, 0.15) is 5.56 Å². The molecule has 2 aromatic rings. The van der Waals surface area contributed by atoms with Crippen molar-refractivity contribution in [3.63, 3.8) is 0 Å². The van der Waals surface area contributed by atoms with E-state index >= 15 is 0 Å². The summed E-state index contributed by atoms with van der Waals surface area (Å²) >= 11 is 3.26. The molecule has 0 bridgehead atoms. The van der Waals surface area contributed by atoms with Crippen molar-refractivity contribution in [2.24, 2.45) is 0 Å². The summed E-state index contributed by atoms with van der Waals surface area (Å²) in [6, 6.07) is 11.3. The van der Waals surface area contributed by atoms with Gasteiger partial charge in [0.05, 0.1) is 9.40 Å². The molecule has 0 aliphatic heterocycles. The van der Waals surface area contributed by atoms with Gasteiger partial charge in [-0.2, -0.15) is 0 Å². The molecule has 0 saturated carbocycles. The molecule has 1 aromatic heterocycles. The zero-order valence-electron chi connectivity index (χ0n) is 9.34. The molecule has 0 aliphatic rings. The van der Waals surface area contributed by atoms with E-state index < -0.39 is 4.92 Å². The van der Waals surface area contributed by atoms with Crippen LogP contribution >= 0.6 is 15.9 Å². The van der Waals surface area contributed by atoms with E-state index in [9.17, 15) is 10.1 Å². The van der Waals surface area contributed by atoms with Crippen LogP contribution in [0.4, 0.5) is 11.5 Å². The Bertz CT molecular complexity index is 561. The summed E-state index contributed by atoms with van der Waals surface area (Å²) in [5.41, 5.74) is 1.08. The lowest BCUT2D eigenvalue weighted by molar-refractivity contribution is -0.385. The number of hydrogen-bond acceptors (Lipinski definition) is 4. The minimum atomic E-state index is -0.473. The molecule has 5 nitrogen and oxygen atoms in total. The van der Waals surface area contributed by atoms with Crippen molar-refractivity contribution in [1.29, 1.82) is 0 Å². The van der Waals surface area contributed by atoms with Gasteiger partial charge in [0.2, 0.25) is 0 Å². The van der Waals surface area contributed by atoms with Gasteiger partial charge in [0.1, 0.15) is 12.0 Å². The van der Waals surface area contributed by atoms with E-state index in [2.05, 4.69) is 26.2 Å². The Kier molecular flexibility index (Phi) is 3.88. The average molecular weight is 308 g/mol. The van der Waals surface area contributed by atoms with E-state index in [0.717, 1.165) is 5.56 Å². The van der Waals surface area contributed by atoms with E-state index in [1.807, 2.05) is 30.3 Å². The Hall–Kier alpha value is -1.95. The molecule has 0 spiro atoms. The monoisotopic (exact) mass is 307 g/mol. The molecule has 2 rings (SSSR count). The summed E-state index contributed by atoms with van der Waals surface area (Å²) in [6.45, 7) is 0.615. The average Bonchev–Trinajstić information content (AvgIpc) is 2.38. The second kappa shape index (κ2) is 5.59. The summed E-state index contributed by atoms with van der Waals surface area (Å²) in [5, 5.41) is 13.7. The second-order valence-corrected chi connectivity index (χ2v) is 4.47. The molecule has 0 unspecified atom stereocenters. The van der Waals surface area contributed by atoms with Crippen molar-refractivity contribution in [3.05, 3.63) is 62.7 Å². The number of rotatable bonds is 4. The van der Waals surface area contributed by atoms with Gasteiger partial charge in [-0.25, -0.2) is 4.98 Å². The van der Waals surface area contributed by atoms with Crippen molar-refractivity contribution in [2.45, 2.75) is 6.54 Å². The molecule has 0 aliphatic carbocycles. The van der Waals surface area contributed by atoms with Crippen LogP contribution in [0.5, 0.6) is 0 Å². The molecule has 0 saturated heterocycles. The normalized spacial score (nSPS) is 10.1. The molecule has 6 heteroatoms. The molecule has 0 atom stereocenters. The topological polar surface area (TPSA) is 68.1 Å². The number of nitrogens with zero attached hydrogens (tertiary/aromatic N) is 2. The smallest absolute Gasteiger partial charge is 0.288 e. The molecule has 1 N–H and O–H groups in total. The first-order valence-corrected chi connectivity index (χ1v) is 6.04. The maximum atomic E-state index is 10.6. The molecular formula is C12H10BrN3O2. The van der Waals surface area contributed by atoms with E-state index in [4.69, 9.17) is 0 Å². The van der Waals surface area contributed by atoms with Gasteiger partial charge in [0.15, 0.2) is 0 Å². The third kappa shape index (κ3) is 3.04. The highest BCUT2D eigenvalue weighted by Crippen LogP contribution is 2.24. The number of benzene rings is 1. The summed E-state index contributed by atoms with van der Waals surface area (Å²) < 4.78 is 0.577. The first-order chi connectivity index (χ1) is 8.66. The van der Waals surface area contributed by atoms with Crippen LogP contribution in [-0.2, 0) is 6.54 Å². The summed E-state index contributed by atoms with van der Waals surface area (Å²) in [7, 11) is 0. The third-order valence-electron chi connectivity index (χ3n) is 2.34. The predicted octanol–water partition coefficient (Wildman–Crippen LogP) is 3.36. The van der Waals surface area contributed by atoms with Crippen LogP contribution < -0.4 is 5.32 Å². The first kappa shape index (κ1) is 12.5. The molecule has 0 amide bonds. The Balaban J connectivity index is 2.08. The van der Waals surface area contributed by atoms with Gasteiger partial charge in [0, 0.05) is 12.6 Å². The molecule has 18 heavy (non-hydrogen) atoms. The highest BCUT2D eigenvalue weighted by atomic mass is 79.9. The van der Waals surface area contributed by atoms with Gasteiger partial charge in [-0.3, -0.25) is 10.1 Å². The van der Waals surface area contributed by atoms with Gasteiger partial charge in [-0.15, -0.1) is 0 Å². The zero-order valence-corrected chi connectivity index (χ0v) is 10.9. The summed E-state index contributed by atoms with van der Waals surface area (Å²) in [5.74, 6) is 0.587. The number of nitrogens with one attached hydrogen (secondary N) is 1. The van der Waals surface area contributed by atoms with Gasteiger partial charge < -0.3 is 5.32 Å². The Morgan fingerprint density at radius 3 is 2.67 bits per heavy atom. The SMILES string of the molecule is O=[N+]([O-])c1cnc(NCc2ccccc2)c(Br)c1. The molecule has 92 valence electrons. The fourth-order valence-corrected chi connectivity index (χ4v) is 1.92. The van der Waals surface area contributed by atoms with Crippen LogP contribution in [-0.4, -0.2) is 9.91 Å². The van der Waals surface area contributed by atoms with Crippen LogP contribution in [0.15, 0.2) is 47.1 Å². The van der Waals surface area contributed by atoms with E-state index in [0.29, 0.717) is 16.8 Å². The van der Waals surface area contributed by atoms with E-state index in [1.54, 1.807) is 0 Å². The minimum Gasteiger partial charge on any atom is -0.365 e. The molecule has 0 radical (unpaired) electrons. The van der Waals surface area contributed by atoms with Crippen molar-refractivity contribution in [3.8, 4) is 0 Å². The minimum absolute atomic E-state index is 0.0351. The zero-order chi connectivity index (χ0) is 13.0. The number of nitro groups is 1. The lowest BCUT2D eigenvalue weighted by Gasteiger charge is -2.07. The second-order valence-electron chi connectivity index (χ2n) is 3.62. The lowest BCUT2D eigenvalue weighted by atomic mass is 10.2. The largest absolute Gasteiger partial charge is 0.365 e. The third-order valence-corrected chi connectivity index (χ3v) is 2.94. The van der Waals surface area contributed by atoms with Gasteiger partial charge >= 0.3 is 0 Å². The van der Waals surface area contributed by atoms with Gasteiger partial charge in [0.25, 0.3) is 5.69 Å². The van der Waals surface area contributed by atoms with E-state index in [1.165, 1.54) is 12.3 Å². The number of pyridine rings is 1. The van der Waals surface area contributed by atoms with Crippen molar-refractivity contribution >= 4 is 27.4 Å². The Morgan fingerprint density at radius 1 is 1.33 bits per heavy atom. The van der Waals surface area contributed by atoms with Gasteiger partial charge in [-0.05, 0) is 21.5 Å². The highest BCUT2D eigenvalue weighted by molar-refractivity contribution is 9.10. The number of anilines is 1. The highest BCUT2D eigenvalue weighted by Gasteiger charge is 2.10. The Labute approximate surface area is 112 Å². The number of halogens is 1. The van der Waals surface area contributed by atoms with Crippen LogP contribution in [0.2, 0.25) is 0 Å². The number of aromatic nitrogens is 1. The van der Waals surface area contributed by atoms with Crippen LogP contribution in [0, 0.1) is 10.1 Å². The standard InChI is InChI=1S/C12H10BrN3O2/c13-11-6-10(16(17)18)8-15-12(11)14-7-9-4-2-1-3-5-9/h1-6,8H,7H2,(H,14,15). The first-order valence-electron chi connectivity index (χ1n) is 5.24. The maximum absolute atomic E-state index is 10.6.